The summed E-state index contributed by atoms with van der Waals surface area (Å²) in [6, 6.07) is 3.28. The molecule has 44 heavy (non-hydrogen) atoms. The molecule has 1 saturated carbocycles. The van der Waals surface area contributed by atoms with Crippen LogP contribution >= 0.6 is 15.9 Å². The van der Waals surface area contributed by atoms with Crippen LogP contribution in [0.4, 0.5) is 38.1 Å². The Hall–Kier alpha value is -3.43. The van der Waals surface area contributed by atoms with Gasteiger partial charge in [0.05, 0.1) is 24.7 Å². The Labute approximate surface area is 258 Å². The van der Waals surface area contributed by atoms with E-state index in [1.165, 1.54) is 11.9 Å². The fourth-order valence-corrected chi connectivity index (χ4v) is 5.93. The number of benzene rings is 1. The molecule has 0 radical (unpaired) electrons. The molecule has 0 amide bonds. The topological polar surface area (TPSA) is 100 Å². The number of pyridine rings is 1. The van der Waals surface area contributed by atoms with Crippen LogP contribution in [-0.4, -0.2) is 49.4 Å². The summed E-state index contributed by atoms with van der Waals surface area (Å²) in [5.41, 5.74) is -2.39. The van der Waals surface area contributed by atoms with Crippen molar-refractivity contribution in [1.82, 2.24) is 25.2 Å². The Kier molecular flexibility index (Phi) is 10.4. The Morgan fingerprint density at radius 3 is 2.11 bits per heavy atom. The number of carbonyl (C=O) groups is 1. The molecule has 16 heteroatoms. The largest absolute Gasteiger partial charge is 0.481 e. The van der Waals surface area contributed by atoms with Crippen molar-refractivity contribution in [3.63, 3.8) is 0 Å². The molecule has 3 aromatic rings. The molecule has 1 fully saturated rings. The first-order chi connectivity index (χ1) is 20.6. The molecule has 240 valence electrons. The molecule has 0 spiro atoms. The first-order valence-electron chi connectivity index (χ1n) is 14.0. The minimum absolute atomic E-state index is 0.00686. The number of hydrogen-bond donors (Lipinski definition) is 1. The highest BCUT2D eigenvalue weighted by Gasteiger charge is 2.37. The number of aryl methyl sites for hydroxylation is 1. The van der Waals surface area contributed by atoms with Crippen molar-refractivity contribution in [2.24, 2.45) is 18.9 Å². The molecule has 4 rings (SSSR count). The van der Waals surface area contributed by atoms with Gasteiger partial charge in [0.15, 0.2) is 0 Å². The summed E-state index contributed by atoms with van der Waals surface area (Å²) in [5, 5.41) is 21.1. The number of anilines is 2. The molecule has 9 nitrogen and oxygen atoms in total. The van der Waals surface area contributed by atoms with E-state index in [0.717, 1.165) is 30.5 Å². The van der Waals surface area contributed by atoms with Crippen LogP contribution in [0, 0.1) is 11.8 Å². The third-order valence-electron chi connectivity index (χ3n) is 7.66. The van der Waals surface area contributed by atoms with Crippen molar-refractivity contribution >= 4 is 33.7 Å². The lowest BCUT2D eigenvalue weighted by molar-refractivity contribution is -0.143. The van der Waals surface area contributed by atoms with Gasteiger partial charge in [-0.2, -0.15) is 31.1 Å². The Morgan fingerprint density at radius 1 is 0.977 bits per heavy atom. The van der Waals surface area contributed by atoms with Gasteiger partial charge in [0.25, 0.3) is 5.95 Å². The van der Waals surface area contributed by atoms with E-state index >= 15 is 0 Å². The highest BCUT2D eigenvalue weighted by atomic mass is 79.9. The third-order valence-corrected chi connectivity index (χ3v) is 8.10. The van der Waals surface area contributed by atoms with Crippen LogP contribution in [0.5, 0.6) is 0 Å². The zero-order valence-electron chi connectivity index (χ0n) is 24.0. The van der Waals surface area contributed by atoms with Gasteiger partial charge in [-0.15, -0.1) is 5.10 Å². The fraction of sp³-hybridized carbons (Fsp3) is 0.536. The van der Waals surface area contributed by atoms with Gasteiger partial charge in [-0.25, -0.2) is 4.98 Å². The average Bonchev–Trinajstić information content (AvgIpc) is 3.37. The van der Waals surface area contributed by atoms with E-state index in [9.17, 15) is 31.1 Å². The van der Waals surface area contributed by atoms with Gasteiger partial charge in [0.1, 0.15) is 5.82 Å². The number of halogens is 7. The first-order valence-corrected chi connectivity index (χ1v) is 14.8. The Bertz CT molecular complexity index is 1410. The number of aliphatic carboxylic acids is 1. The van der Waals surface area contributed by atoms with Crippen LogP contribution in [-0.2, 0) is 37.3 Å². The van der Waals surface area contributed by atoms with Crippen molar-refractivity contribution in [2.45, 2.75) is 64.5 Å². The number of nitrogens with zero attached hydrogens (tertiary/aromatic N) is 7. The number of hydrogen-bond acceptors (Lipinski definition) is 7. The first kappa shape index (κ1) is 33.5. The lowest BCUT2D eigenvalue weighted by Gasteiger charge is -2.34. The van der Waals surface area contributed by atoms with Crippen molar-refractivity contribution < 1.29 is 36.2 Å². The van der Waals surface area contributed by atoms with Gasteiger partial charge in [0, 0.05) is 42.3 Å². The third kappa shape index (κ3) is 8.82. The van der Waals surface area contributed by atoms with Crippen molar-refractivity contribution in [3.8, 4) is 0 Å². The number of carboxylic acids is 1. The second kappa shape index (κ2) is 13.7. The van der Waals surface area contributed by atoms with Crippen LogP contribution in [0.1, 0.15) is 61.3 Å². The number of rotatable bonds is 11. The Morgan fingerprint density at radius 2 is 1.59 bits per heavy atom. The summed E-state index contributed by atoms with van der Waals surface area (Å²) in [5.74, 6) is 0.291. The maximum Gasteiger partial charge on any atom is 0.416 e. The SMILES string of the molecule is CCN(C[C@H]1CC[C@H](CC(=O)O)CC1)c1ncc(Br)cc1CN(Cc1cc(C(F)(F)F)cc(C(F)(F)F)c1)c1nnn(C)n1. The molecule has 0 saturated heterocycles. The predicted octanol–water partition coefficient (Wildman–Crippen LogP) is 6.72. The van der Waals surface area contributed by atoms with E-state index in [2.05, 4.69) is 41.2 Å². The molecule has 1 aliphatic carbocycles. The fourth-order valence-electron chi connectivity index (χ4n) is 5.55. The van der Waals surface area contributed by atoms with E-state index in [4.69, 9.17) is 5.11 Å². The number of aromatic nitrogens is 5. The lowest BCUT2D eigenvalue weighted by atomic mass is 9.80. The van der Waals surface area contributed by atoms with Crippen LogP contribution in [0.15, 0.2) is 34.9 Å². The second-order valence-corrected chi connectivity index (χ2v) is 11.9. The van der Waals surface area contributed by atoms with Gasteiger partial charge in [-0.3, -0.25) is 4.79 Å². The monoisotopic (exact) mass is 691 g/mol. The second-order valence-electron chi connectivity index (χ2n) is 11.0. The van der Waals surface area contributed by atoms with Crippen molar-refractivity contribution in [2.75, 3.05) is 22.9 Å². The van der Waals surface area contributed by atoms with Crippen LogP contribution in [0.25, 0.3) is 0 Å². The summed E-state index contributed by atoms with van der Waals surface area (Å²) < 4.78 is 82.1. The number of carboxylic acid groups (broad SMARTS) is 1. The normalized spacial score (nSPS) is 17.5. The molecule has 0 unspecified atom stereocenters. The molecule has 1 aliphatic rings. The van der Waals surface area contributed by atoms with Gasteiger partial charge < -0.3 is 14.9 Å². The Balaban J connectivity index is 1.64. The lowest BCUT2D eigenvalue weighted by Crippen LogP contribution is -2.34. The van der Waals surface area contributed by atoms with E-state index in [0.29, 0.717) is 47.0 Å². The molecule has 1 aromatic carbocycles. The number of tetrazole rings is 1. The highest BCUT2D eigenvalue weighted by Crippen LogP contribution is 2.37. The zero-order valence-corrected chi connectivity index (χ0v) is 25.6. The van der Waals surface area contributed by atoms with Gasteiger partial charge in [-0.1, -0.05) is 5.10 Å². The van der Waals surface area contributed by atoms with Crippen LogP contribution in [0.2, 0.25) is 0 Å². The minimum Gasteiger partial charge on any atom is -0.481 e. The summed E-state index contributed by atoms with van der Waals surface area (Å²) in [4.78, 5) is 20.4. The van der Waals surface area contributed by atoms with E-state index in [1.54, 1.807) is 12.3 Å². The quantitative estimate of drug-likeness (QED) is 0.221. The summed E-state index contributed by atoms with van der Waals surface area (Å²) in [6.07, 6.45) is -4.82. The molecule has 0 bridgehead atoms. The average molecular weight is 693 g/mol. The molecular weight excluding hydrogens is 660 g/mol. The molecule has 0 aliphatic heterocycles. The van der Waals surface area contributed by atoms with Crippen molar-refractivity contribution in [1.29, 1.82) is 0 Å². The summed E-state index contributed by atoms with van der Waals surface area (Å²) >= 11 is 3.43. The molecule has 2 heterocycles. The van der Waals surface area contributed by atoms with Gasteiger partial charge >= 0.3 is 18.3 Å². The maximum absolute atomic E-state index is 13.6. The molecule has 2 aromatic heterocycles. The predicted molar refractivity (Wildman–Crippen MR) is 153 cm³/mol. The standard InChI is InChI=1S/C28H32BrF6N7O2/c1-3-41(14-18-6-4-17(5-7-18)10-24(43)44)25-20(11-23(29)13-36-25)16-42(26-37-39-40(2)38-26)15-19-8-21(27(30,31)32)12-22(9-19)28(33,34)35/h8-9,11-13,17-18H,3-7,10,14-16H2,1-2H3,(H,43,44)/t17-,18-. The minimum atomic E-state index is -4.98. The van der Waals surface area contributed by atoms with E-state index < -0.39 is 29.4 Å². The summed E-state index contributed by atoms with van der Waals surface area (Å²) in [7, 11) is 1.50. The maximum atomic E-state index is 13.6. The molecular formula is C28H32BrF6N7O2. The van der Waals surface area contributed by atoms with E-state index in [-0.39, 0.29) is 43.0 Å². The van der Waals surface area contributed by atoms with E-state index in [1.807, 2.05) is 6.92 Å². The van der Waals surface area contributed by atoms with Gasteiger partial charge in [-0.05, 0) is 95.4 Å². The van der Waals surface area contributed by atoms with Crippen LogP contribution in [0.3, 0.4) is 0 Å². The smallest absolute Gasteiger partial charge is 0.416 e. The van der Waals surface area contributed by atoms with Crippen molar-refractivity contribution in [3.05, 3.63) is 57.2 Å². The summed E-state index contributed by atoms with van der Waals surface area (Å²) in [6.45, 7) is 2.84. The zero-order chi connectivity index (χ0) is 32.2. The number of alkyl halides is 6. The highest BCUT2D eigenvalue weighted by molar-refractivity contribution is 9.10. The van der Waals surface area contributed by atoms with Crippen LogP contribution < -0.4 is 9.80 Å². The molecule has 0 atom stereocenters. The van der Waals surface area contributed by atoms with Gasteiger partial charge in [0.2, 0.25) is 0 Å². The molecule has 1 N–H and O–H groups in total.